The molecule has 0 radical (unpaired) electrons. The Balaban J connectivity index is 2.15. The van der Waals surface area contributed by atoms with Crippen LogP contribution in [0.2, 0.25) is 18.1 Å². The first-order valence-electron chi connectivity index (χ1n) is 7.61. The van der Waals surface area contributed by atoms with Crippen molar-refractivity contribution in [3.63, 3.8) is 0 Å². The van der Waals surface area contributed by atoms with Gasteiger partial charge in [-0.2, -0.15) is 0 Å². The molecule has 3 atom stereocenters. The van der Waals surface area contributed by atoms with Crippen molar-refractivity contribution in [1.82, 2.24) is 0 Å². The molecule has 1 heterocycles. The van der Waals surface area contributed by atoms with E-state index in [0.29, 0.717) is 11.0 Å². The van der Waals surface area contributed by atoms with Crippen LogP contribution >= 0.6 is 0 Å². The Labute approximate surface area is 119 Å². The van der Waals surface area contributed by atoms with Gasteiger partial charge in [-0.15, -0.1) is 0 Å². The van der Waals surface area contributed by atoms with Crippen molar-refractivity contribution in [2.24, 2.45) is 5.92 Å². The maximum absolute atomic E-state index is 9.43. The summed E-state index contributed by atoms with van der Waals surface area (Å²) in [5.41, 5.74) is 0. The molecule has 1 aliphatic heterocycles. The normalized spacial score (nSPS) is 28.9. The quantitative estimate of drug-likeness (QED) is 0.594. The molecule has 0 aromatic heterocycles. The van der Waals surface area contributed by atoms with Gasteiger partial charge in [0.15, 0.2) is 14.6 Å². The Bertz CT molecular complexity index is 273. The molecular formula is C15H32O3Si. The van der Waals surface area contributed by atoms with E-state index in [0.717, 1.165) is 32.3 Å². The highest BCUT2D eigenvalue weighted by molar-refractivity contribution is 6.74. The fraction of sp³-hybridized carbons (Fsp3) is 1.00. The third-order valence-corrected chi connectivity index (χ3v) is 9.23. The minimum absolute atomic E-state index is 0.239. The number of hydrogen-bond acceptors (Lipinski definition) is 3. The van der Waals surface area contributed by atoms with Crippen LogP contribution < -0.4 is 0 Å². The lowest BCUT2D eigenvalue weighted by Crippen LogP contribution is -2.40. The summed E-state index contributed by atoms with van der Waals surface area (Å²) < 4.78 is 11.7. The van der Waals surface area contributed by atoms with Gasteiger partial charge in [-0.05, 0) is 43.3 Å². The molecule has 0 aliphatic carbocycles. The lowest BCUT2D eigenvalue weighted by atomic mass is 9.99. The van der Waals surface area contributed by atoms with E-state index in [1.54, 1.807) is 0 Å². The van der Waals surface area contributed by atoms with Crippen LogP contribution in [0.3, 0.4) is 0 Å². The fourth-order valence-corrected chi connectivity index (χ4v) is 3.29. The first kappa shape index (κ1) is 17.1. The third-order valence-electron chi connectivity index (χ3n) is 4.69. The molecule has 1 fully saturated rings. The zero-order valence-corrected chi connectivity index (χ0v) is 14.5. The van der Waals surface area contributed by atoms with Gasteiger partial charge >= 0.3 is 0 Å². The molecule has 114 valence electrons. The molecule has 1 saturated heterocycles. The van der Waals surface area contributed by atoms with E-state index < -0.39 is 14.6 Å². The van der Waals surface area contributed by atoms with Crippen LogP contribution in [0.25, 0.3) is 0 Å². The summed E-state index contributed by atoms with van der Waals surface area (Å²) in [4.78, 5) is 0. The van der Waals surface area contributed by atoms with Crippen LogP contribution in [0.15, 0.2) is 0 Å². The molecule has 4 heteroatoms. The molecule has 1 aliphatic rings. The smallest absolute Gasteiger partial charge is 0.191 e. The number of rotatable bonds is 6. The van der Waals surface area contributed by atoms with E-state index >= 15 is 0 Å². The maximum Gasteiger partial charge on any atom is 0.191 e. The number of hydrogen-bond donors (Lipinski definition) is 1. The van der Waals surface area contributed by atoms with Gasteiger partial charge in [-0.3, -0.25) is 0 Å². The Hall–Kier alpha value is 0.0969. The second-order valence-electron chi connectivity index (χ2n) is 7.45. The number of unbranched alkanes of at least 4 members (excludes halogenated alkanes) is 1. The molecule has 0 aromatic rings. The van der Waals surface area contributed by atoms with Crippen LogP contribution in [0.1, 0.15) is 53.4 Å². The summed E-state index contributed by atoms with van der Waals surface area (Å²) in [5.74, 6) is 0.483. The van der Waals surface area contributed by atoms with Crippen molar-refractivity contribution < 1.29 is 14.3 Å². The molecule has 0 aromatic carbocycles. The third kappa shape index (κ3) is 5.18. The van der Waals surface area contributed by atoms with Gasteiger partial charge in [0, 0.05) is 13.0 Å². The average Bonchev–Trinajstić information content (AvgIpc) is 2.55. The van der Waals surface area contributed by atoms with Gasteiger partial charge in [-0.25, -0.2) is 0 Å². The Morgan fingerprint density at radius 3 is 2.37 bits per heavy atom. The van der Waals surface area contributed by atoms with E-state index in [2.05, 4.69) is 40.8 Å². The molecule has 0 bridgehead atoms. The highest BCUT2D eigenvalue weighted by Gasteiger charge is 2.36. The van der Waals surface area contributed by atoms with Crippen molar-refractivity contribution in [1.29, 1.82) is 0 Å². The predicted molar refractivity (Wildman–Crippen MR) is 81.7 cm³/mol. The van der Waals surface area contributed by atoms with Crippen molar-refractivity contribution in [2.45, 2.75) is 83.9 Å². The summed E-state index contributed by atoms with van der Waals surface area (Å²) in [6.45, 7) is 14.4. The lowest BCUT2D eigenvalue weighted by Gasteiger charge is -2.36. The molecule has 19 heavy (non-hydrogen) atoms. The second-order valence-corrected chi connectivity index (χ2v) is 12.3. The summed E-state index contributed by atoms with van der Waals surface area (Å²) in [6.07, 6.45) is 3.74. The summed E-state index contributed by atoms with van der Waals surface area (Å²) in [7, 11) is -1.58. The van der Waals surface area contributed by atoms with E-state index in [1.807, 2.05) is 0 Å². The van der Waals surface area contributed by atoms with E-state index in [-0.39, 0.29) is 6.10 Å². The molecule has 1 N–H and O–H groups in total. The molecule has 1 unspecified atom stereocenters. The van der Waals surface area contributed by atoms with E-state index in [4.69, 9.17) is 9.16 Å². The Morgan fingerprint density at radius 1 is 1.26 bits per heavy atom. The van der Waals surface area contributed by atoms with Gasteiger partial charge in [0.1, 0.15) is 0 Å². The van der Waals surface area contributed by atoms with Crippen molar-refractivity contribution in [2.75, 3.05) is 6.61 Å². The van der Waals surface area contributed by atoms with Gasteiger partial charge in [0.05, 0.1) is 6.10 Å². The highest BCUT2D eigenvalue weighted by Crippen LogP contribution is 2.36. The fourth-order valence-electron chi connectivity index (χ4n) is 2.21. The average molecular weight is 289 g/mol. The monoisotopic (exact) mass is 288 g/mol. The van der Waals surface area contributed by atoms with E-state index in [9.17, 15) is 5.11 Å². The number of aliphatic hydroxyl groups is 1. The standard InChI is InChI=1S/C15H32O3Si/c1-12-11-14(16)18-13(12)9-7-8-10-17-19(5,6)15(2,3)4/h12-14,16H,7-11H2,1-6H3/t12-,13-,14?/m0/s1. The van der Waals surface area contributed by atoms with Crippen LogP contribution in [0, 0.1) is 5.92 Å². The van der Waals surface area contributed by atoms with Crippen LogP contribution in [0.4, 0.5) is 0 Å². The zero-order chi connectivity index (χ0) is 14.7. The van der Waals surface area contributed by atoms with E-state index in [1.165, 1.54) is 0 Å². The Morgan fingerprint density at radius 2 is 1.89 bits per heavy atom. The number of ether oxygens (including phenoxy) is 1. The minimum atomic E-state index is -1.58. The summed E-state index contributed by atoms with van der Waals surface area (Å²) >= 11 is 0. The largest absolute Gasteiger partial charge is 0.417 e. The molecular weight excluding hydrogens is 256 g/mol. The second kappa shape index (κ2) is 6.70. The molecule has 1 rings (SSSR count). The van der Waals surface area contributed by atoms with Gasteiger partial charge in [0.25, 0.3) is 0 Å². The van der Waals surface area contributed by atoms with Gasteiger partial charge < -0.3 is 14.3 Å². The molecule has 3 nitrogen and oxygen atoms in total. The highest BCUT2D eigenvalue weighted by atomic mass is 28.4. The SMILES string of the molecule is C[C@H]1CC(O)O[C@H]1CCCCO[Si](C)(C)C(C)(C)C. The molecule has 0 amide bonds. The van der Waals surface area contributed by atoms with Crippen LogP contribution in [-0.4, -0.2) is 32.4 Å². The summed E-state index contributed by atoms with van der Waals surface area (Å²) in [6, 6.07) is 0. The van der Waals surface area contributed by atoms with Crippen molar-refractivity contribution >= 4 is 8.32 Å². The van der Waals surface area contributed by atoms with Gasteiger partial charge in [-0.1, -0.05) is 27.7 Å². The summed E-state index contributed by atoms with van der Waals surface area (Å²) in [5, 5.41) is 9.72. The molecule has 0 saturated carbocycles. The first-order valence-corrected chi connectivity index (χ1v) is 10.5. The van der Waals surface area contributed by atoms with Crippen molar-refractivity contribution in [3.05, 3.63) is 0 Å². The first-order chi connectivity index (χ1) is 8.63. The zero-order valence-electron chi connectivity index (χ0n) is 13.5. The Kier molecular flexibility index (Phi) is 6.05. The van der Waals surface area contributed by atoms with Gasteiger partial charge in [0.2, 0.25) is 0 Å². The van der Waals surface area contributed by atoms with Crippen LogP contribution in [0.5, 0.6) is 0 Å². The minimum Gasteiger partial charge on any atom is -0.417 e. The lowest BCUT2D eigenvalue weighted by molar-refractivity contribution is -0.0938. The van der Waals surface area contributed by atoms with Crippen molar-refractivity contribution in [3.8, 4) is 0 Å². The predicted octanol–water partition coefficient (Wildman–Crippen LogP) is 3.92. The maximum atomic E-state index is 9.43. The topological polar surface area (TPSA) is 38.7 Å². The molecule has 0 spiro atoms. The number of aliphatic hydroxyl groups excluding tert-OH is 1. The van der Waals surface area contributed by atoms with Crippen LogP contribution in [-0.2, 0) is 9.16 Å².